The van der Waals surface area contributed by atoms with Crippen LogP contribution in [0.5, 0.6) is 0 Å². The molecule has 1 aromatic carbocycles. The highest BCUT2D eigenvalue weighted by Crippen LogP contribution is 2.30. The summed E-state index contributed by atoms with van der Waals surface area (Å²) in [5, 5.41) is 0. The summed E-state index contributed by atoms with van der Waals surface area (Å²) in [5.41, 5.74) is 1.32. The van der Waals surface area contributed by atoms with Crippen LogP contribution in [0.25, 0.3) is 0 Å². The summed E-state index contributed by atoms with van der Waals surface area (Å²) in [6.07, 6.45) is 0.263. The maximum atomic E-state index is 12.3. The Morgan fingerprint density at radius 3 is 1.50 bits per heavy atom. The molecule has 2 saturated heterocycles. The summed E-state index contributed by atoms with van der Waals surface area (Å²) in [7, 11) is 0. The fraction of sp³-hybridized carbons (Fsp3) is 0.500. The number of ether oxygens (including phenoxy) is 2. The average Bonchev–Trinajstić information content (AvgIpc) is 3.25. The van der Waals surface area contributed by atoms with Crippen molar-refractivity contribution in [1.82, 2.24) is 0 Å². The van der Waals surface area contributed by atoms with Gasteiger partial charge in [0.1, 0.15) is 0 Å². The van der Waals surface area contributed by atoms with Crippen LogP contribution < -0.4 is 9.80 Å². The Morgan fingerprint density at radius 1 is 0.821 bits per heavy atom. The highest BCUT2D eigenvalue weighted by atomic mass is 16.5. The third-order valence-corrected chi connectivity index (χ3v) is 4.96. The molecule has 8 heteroatoms. The molecule has 2 amide bonds. The molecule has 0 spiro atoms. The molecule has 2 atom stereocenters. The van der Waals surface area contributed by atoms with Gasteiger partial charge in [0.2, 0.25) is 11.8 Å². The minimum atomic E-state index is -0.461. The van der Waals surface area contributed by atoms with Gasteiger partial charge in [0, 0.05) is 37.3 Å². The van der Waals surface area contributed by atoms with E-state index in [-0.39, 0.29) is 62.9 Å². The second kappa shape index (κ2) is 8.41. The lowest BCUT2D eigenvalue weighted by molar-refractivity contribution is -0.148. The van der Waals surface area contributed by atoms with Crippen LogP contribution in [0.4, 0.5) is 11.4 Å². The van der Waals surface area contributed by atoms with Gasteiger partial charge in [-0.3, -0.25) is 19.2 Å². The van der Waals surface area contributed by atoms with Crippen molar-refractivity contribution in [2.24, 2.45) is 11.8 Å². The van der Waals surface area contributed by atoms with Gasteiger partial charge < -0.3 is 19.3 Å². The minimum absolute atomic E-state index is 0.131. The molecule has 0 saturated carbocycles. The number of hydrogen-bond donors (Lipinski definition) is 0. The smallest absolute Gasteiger partial charge is 0.311 e. The molecule has 0 bridgehead atoms. The van der Waals surface area contributed by atoms with Crippen LogP contribution >= 0.6 is 0 Å². The van der Waals surface area contributed by atoms with Gasteiger partial charge in [0.15, 0.2) is 0 Å². The first-order valence-electron chi connectivity index (χ1n) is 9.48. The molecule has 0 aromatic heterocycles. The third kappa shape index (κ3) is 4.00. The number of carbonyl (C=O) groups is 4. The highest BCUT2D eigenvalue weighted by Gasteiger charge is 2.37. The molecular formula is C20H24N2O6. The van der Waals surface area contributed by atoms with Crippen molar-refractivity contribution in [3.05, 3.63) is 24.3 Å². The summed E-state index contributed by atoms with van der Waals surface area (Å²) >= 11 is 0. The average molecular weight is 388 g/mol. The summed E-state index contributed by atoms with van der Waals surface area (Å²) < 4.78 is 10.0. The van der Waals surface area contributed by atoms with Gasteiger partial charge in [-0.05, 0) is 38.1 Å². The quantitative estimate of drug-likeness (QED) is 0.686. The summed E-state index contributed by atoms with van der Waals surface area (Å²) in [5.74, 6) is -1.91. The molecule has 8 nitrogen and oxygen atoms in total. The van der Waals surface area contributed by atoms with Gasteiger partial charge in [-0.25, -0.2) is 0 Å². The number of amides is 2. The van der Waals surface area contributed by atoms with Crippen LogP contribution in [-0.4, -0.2) is 50.1 Å². The lowest BCUT2D eigenvalue weighted by atomic mass is 10.1. The number of rotatable bonds is 6. The lowest BCUT2D eigenvalue weighted by Gasteiger charge is -2.20. The van der Waals surface area contributed by atoms with Crippen LogP contribution in [0, 0.1) is 11.8 Å². The molecule has 2 aliphatic heterocycles. The van der Waals surface area contributed by atoms with Gasteiger partial charge in [-0.15, -0.1) is 0 Å². The molecule has 0 radical (unpaired) electrons. The van der Waals surface area contributed by atoms with E-state index in [1.807, 2.05) is 0 Å². The van der Waals surface area contributed by atoms with E-state index in [0.717, 1.165) is 0 Å². The molecule has 2 aliphatic rings. The molecular weight excluding hydrogens is 364 g/mol. The first-order valence-corrected chi connectivity index (χ1v) is 9.48. The second-order valence-electron chi connectivity index (χ2n) is 6.83. The van der Waals surface area contributed by atoms with Crippen molar-refractivity contribution in [2.45, 2.75) is 26.7 Å². The third-order valence-electron chi connectivity index (χ3n) is 4.96. The first kappa shape index (κ1) is 19.9. The van der Waals surface area contributed by atoms with Crippen molar-refractivity contribution < 1.29 is 28.7 Å². The van der Waals surface area contributed by atoms with E-state index < -0.39 is 11.8 Å². The Balaban J connectivity index is 1.67. The van der Waals surface area contributed by atoms with Crippen LogP contribution in [-0.2, 0) is 28.7 Å². The van der Waals surface area contributed by atoms with Crippen molar-refractivity contribution in [3.8, 4) is 0 Å². The Hall–Kier alpha value is -2.90. The van der Waals surface area contributed by atoms with Crippen molar-refractivity contribution in [3.63, 3.8) is 0 Å². The number of nitrogens with zero attached hydrogens (tertiary/aromatic N) is 2. The molecule has 3 rings (SSSR count). The van der Waals surface area contributed by atoms with Crippen LogP contribution in [0.2, 0.25) is 0 Å². The fourth-order valence-corrected chi connectivity index (χ4v) is 3.56. The molecule has 2 heterocycles. The minimum Gasteiger partial charge on any atom is -0.466 e. The van der Waals surface area contributed by atoms with Crippen LogP contribution in [0.3, 0.4) is 0 Å². The van der Waals surface area contributed by atoms with Gasteiger partial charge in [-0.2, -0.15) is 0 Å². The zero-order valence-electron chi connectivity index (χ0n) is 16.1. The Kier molecular flexibility index (Phi) is 5.96. The number of hydrogen-bond acceptors (Lipinski definition) is 6. The Bertz CT molecular complexity index is 710. The SMILES string of the molecule is CCOC(=O)C1CC(=O)N(c2ccc(N3CC(C(=O)OCC)CC3=O)cc2)C1. The van der Waals surface area contributed by atoms with Gasteiger partial charge in [-0.1, -0.05) is 0 Å². The summed E-state index contributed by atoms with van der Waals surface area (Å²) in [6, 6.07) is 6.97. The molecule has 2 fully saturated rings. The van der Waals surface area contributed by atoms with Gasteiger partial charge >= 0.3 is 11.9 Å². The first-order chi connectivity index (χ1) is 13.4. The van der Waals surface area contributed by atoms with Crippen LogP contribution in [0.15, 0.2) is 24.3 Å². The maximum Gasteiger partial charge on any atom is 0.311 e. The largest absolute Gasteiger partial charge is 0.466 e. The zero-order chi connectivity index (χ0) is 20.3. The number of carbonyl (C=O) groups excluding carboxylic acids is 4. The summed E-state index contributed by atoms with van der Waals surface area (Å²) in [4.78, 5) is 51.4. The van der Waals surface area contributed by atoms with E-state index in [9.17, 15) is 19.2 Å². The molecule has 0 N–H and O–H groups in total. The number of benzene rings is 1. The van der Waals surface area contributed by atoms with Gasteiger partial charge in [0.05, 0.1) is 25.0 Å². The van der Waals surface area contributed by atoms with E-state index in [2.05, 4.69) is 0 Å². The van der Waals surface area contributed by atoms with Crippen molar-refractivity contribution in [2.75, 3.05) is 36.1 Å². The zero-order valence-corrected chi connectivity index (χ0v) is 16.1. The van der Waals surface area contributed by atoms with E-state index >= 15 is 0 Å². The predicted octanol–water partition coefficient (Wildman–Crippen LogP) is 1.52. The van der Waals surface area contributed by atoms with Gasteiger partial charge in [0.25, 0.3) is 0 Å². The molecule has 28 heavy (non-hydrogen) atoms. The Labute approximate surface area is 163 Å². The molecule has 0 aliphatic carbocycles. The second-order valence-corrected chi connectivity index (χ2v) is 6.83. The van der Waals surface area contributed by atoms with E-state index in [1.54, 1.807) is 47.9 Å². The molecule has 2 unspecified atom stereocenters. The lowest BCUT2D eigenvalue weighted by Crippen LogP contribution is -2.27. The van der Waals surface area contributed by atoms with E-state index in [4.69, 9.17) is 9.47 Å². The monoisotopic (exact) mass is 388 g/mol. The van der Waals surface area contributed by atoms with Crippen molar-refractivity contribution >= 4 is 35.1 Å². The topological polar surface area (TPSA) is 93.2 Å². The standard InChI is InChI=1S/C20H24N2O6/c1-3-27-19(25)13-9-17(23)21(11-13)15-5-7-16(8-6-15)22-12-14(10-18(22)24)20(26)28-4-2/h5-8,13-14H,3-4,9-12H2,1-2H3. The molecule has 1 aromatic rings. The fourth-order valence-electron chi connectivity index (χ4n) is 3.56. The van der Waals surface area contributed by atoms with E-state index in [1.165, 1.54) is 0 Å². The van der Waals surface area contributed by atoms with Crippen LogP contribution in [0.1, 0.15) is 26.7 Å². The normalized spacial score (nSPS) is 21.9. The molecule has 150 valence electrons. The number of esters is 2. The summed E-state index contributed by atoms with van der Waals surface area (Å²) in [6.45, 7) is 4.60. The predicted molar refractivity (Wildman–Crippen MR) is 101 cm³/mol. The van der Waals surface area contributed by atoms with Crippen molar-refractivity contribution in [1.29, 1.82) is 0 Å². The van der Waals surface area contributed by atoms with E-state index in [0.29, 0.717) is 11.4 Å². The highest BCUT2D eigenvalue weighted by molar-refractivity contribution is 6.01. The maximum absolute atomic E-state index is 12.3. The number of anilines is 2. The Morgan fingerprint density at radius 2 is 1.18 bits per heavy atom.